The Morgan fingerprint density at radius 3 is 2.89 bits per heavy atom. The molecule has 0 spiro atoms. The summed E-state index contributed by atoms with van der Waals surface area (Å²) in [6.07, 6.45) is 4.84. The molecule has 0 aromatic carbocycles. The van der Waals surface area contributed by atoms with E-state index in [4.69, 9.17) is 0 Å². The molecular formula is C15H20NOS. The second kappa shape index (κ2) is 4.78. The molecule has 2 nitrogen and oxygen atoms in total. The lowest BCUT2D eigenvalue weighted by molar-refractivity contribution is 0.112. The van der Waals surface area contributed by atoms with Crippen LogP contribution < -0.4 is 0 Å². The minimum Gasteiger partial charge on any atom is -0.297 e. The number of carbonyl (C=O) groups is 1. The van der Waals surface area contributed by atoms with Crippen LogP contribution in [0.15, 0.2) is 6.07 Å². The Morgan fingerprint density at radius 1 is 1.50 bits per heavy atom. The SMILES string of the molecule is C[C](C)CN1CCc2sc(C=O)cc2C1C1CC1. The molecule has 3 heteroatoms. The fourth-order valence-electron chi connectivity index (χ4n) is 3.10. The highest BCUT2D eigenvalue weighted by Gasteiger charge is 2.40. The molecule has 1 saturated carbocycles. The average molecular weight is 262 g/mol. The summed E-state index contributed by atoms with van der Waals surface area (Å²) in [4.78, 5) is 16.0. The topological polar surface area (TPSA) is 20.3 Å². The molecule has 1 aromatic heterocycles. The maximum Gasteiger partial charge on any atom is 0.160 e. The Morgan fingerprint density at radius 2 is 2.28 bits per heavy atom. The summed E-state index contributed by atoms with van der Waals surface area (Å²) in [6, 6.07) is 2.72. The zero-order valence-electron chi connectivity index (χ0n) is 11.1. The standard InChI is InChI=1S/C15H20NOS/c1-10(2)8-16-6-5-14-13(7-12(9-17)18-14)15(16)11-3-4-11/h7,9,11,15H,3-6,8H2,1-2H3. The van der Waals surface area contributed by atoms with E-state index in [1.807, 2.05) is 0 Å². The van der Waals surface area contributed by atoms with E-state index in [-0.39, 0.29) is 0 Å². The number of carbonyl (C=O) groups excluding carboxylic acids is 1. The maximum atomic E-state index is 11.0. The van der Waals surface area contributed by atoms with Gasteiger partial charge in [0.1, 0.15) is 0 Å². The summed E-state index contributed by atoms with van der Waals surface area (Å²) >= 11 is 1.70. The smallest absolute Gasteiger partial charge is 0.160 e. The number of thiophene rings is 1. The van der Waals surface area contributed by atoms with Crippen molar-refractivity contribution in [2.45, 2.75) is 39.2 Å². The highest BCUT2D eigenvalue weighted by Crippen LogP contribution is 2.49. The van der Waals surface area contributed by atoms with E-state index in [1.54, 1.807) is 11.3 Å². The molecule has 1 radical (unpaired) electrons. The number of hydrogen-bond donors (Lipinski definition) is 0. The van der Waals surface area contributed by atoms with Crippen molar-refractivity contribution in [2.75, 3.05) is 13.1 Å². The van der Waals surface area contributed by atoms with E-state index in [0.29, 0.717) is 6.04 Å². The van der Waals surface area contributed by atoms with Crippen molar-refractivity contribution in [2.24, 2.45) is 5.92 Å². The summed E-state index contributed by atoms with van der Waals surface area (Å²) < 4.78 is 0. The van der Waals surface area contributed by atoms with Crippen molar-refractivity contribution >= 4 is 17.6 Å². The zero-order valence-corrected chi connectivity index (χ0v) is 11.9. The number of aldehydes is 1. The van der Waals surface area contributed by atoms with Crippen molar-refractivity contribution in [3.05, 3.63) is 27.3 Å². The first-order valence-corrected chi connectivity index (χ1v) is 7.61. The highest BCUT2D eigenvalue weighted by atomic mass is 32.1. The first-order valence-electron chi connectivity index (χ1n) is 6.80. The summed E-state index contributed by atoms with van der Waals surface area (Å²) in [5.74, 6) is 2.31. The number of fused-ring (bicyclic) bond motifs is 1. The van der Waals surface area contributed by atoms with Crippen molar-refractivity contribution in [3.63, 3.8) is 0 Å². The van der Waals surface area contributed by atoms with E-state index in [2.05, 4.69) is 24.8 Å². The summed E-state index contributed by atoms with van der Waals surface area (Å²) in [7, 11) is 0. The molecule has 2 aliphatic rings. The normalized spacial score (nSPS) is 24.3. The fraction of sp³-hybridized carbons (Fsp3) is 0.600. The van der Waals surface area contributed by atoms with Gasteiger partial charge >= 0.3 is 0 Å². The summed E-state index contributed by atoms with van der Waals surface area (Å²) in [5, 5.41) is 0. The van der Waals surface area contributed by atoms with Crippen LogP contribution in [0.1, 0.15) is 52.8 Å². The molecule has 0 bridgehead atoms. The van der Waals surface area contributed by atoms with Crippen LogP contribution in [-0.4, -0.2) is 24.3 Å². The van der Waals surface area contributed by atoms with Crippen LogP contribution in [0.4, 0.5) is 0 Å². The van der Waals surface area contributed by atoms with Gasteiger partial charge < -0.3 is 0 Å². The largest absolute Gasteiger partial charge is 0.297 e. The molecule has 1 unspecified atom stereocenters. The van der Waals surface area contributed by atoms with Gasteiger partial charge in [-0.2, -0.15) is 0 Å². The van der Waals surface area contributed by atoms with Crippen LogP contribution in [0, 0.1) is 11.8 Å². The molecule has 0 saturated heterocycles. The van der Waals surface area contributed by atoms with Crippen LogP contribution in [-0.2, 0) is 6.42 Å². The second-order valence-corrected chi connectivity index (χ2v) is 7.02. The number of hydrogen-bond acceptors (Lipinski definition) is 3. The molecule has 2 heterocycles. The minimum absolute atomic E-state index is 0.577. The number of nitrogens with zero attached hydrogens (tertiary/aromatic N) is 1. The van der Waals surface area contributed by atoms with E-state index >= 15 is 0 Å². The summed E-state index contributed by atoms with van der Waals surface area (Å²) in [5.41, 5.74) is 1.46. The van der Waals surface area contributed by atoms with Gasteiger partial charge in [0.2, 0.25) is 0 Å². The lowest BCUT2D eigenvalue weighted by Crippen LogP contribution is -2.37. The van der Waals surface area contributed by atoms with Crippen molar-refractivity contribution < 1.29 is 4.79 Å². The molecular weight excluding hydrogens is 242 g/mol. The molecule has 1 aromatic rings. The molecule has 97 valence electrons. The van der Waals surface area contributed by atoms with Gasteiger partial charge in [-0.05, 0) is 42.7 Å². The van der Waals surface area contributed by atoms with Crippen LogP contribution in [0.5, 0.6) is 0 Å². The van der Waals surface area contributed by atoms with Crippen molar-refractivity contribution in [1.29, 1.82) is 0 Å². The third kappa shape index (κ3) is 2.26. The van der Waals surface area contributed by atoms with Crippen LogP contribution in [0.3, 0.4) is 0 Å². The van der Waals surface area contributed by atoms with Crippen LogP contribution in [0.25, 0.3) is 0 Å². The van der Waals surface area contributed by atoms with Gasteiger partial charge in [0.15, 0.2) is 6.29 Å². The van der Waals surface area contributed by atoms with Crippen LogP contribution in [0.2, 0.25) is 0 Å². The predicted octanol–water partition coefficient (Wildman–Crippen LogP) is 3.48. The van der Waals surface area contributed by atoms with E-state index < -0.39 is 0 Å². The first kappa shape index (κ1) is 12.4. The van der Waals surface area contributed by atoms with E-state index in [0.717, 1.165) is 36.6 Å². The maximum absolute atomic E-state index is 11.0. The van der Waals surface area contributed by atoms with Crippen molar-refractivity contribution in [1.82, 2.24) is 4.90 Å². The molecule has 1 atom stereocenters. The monoisotopic (exact) mass is 262 g/mol. The quantitative estimate of drug-likeness (QED) is 0.774. The lowest BCUT2D eigenvalue weighted by atomic mass is 9.94. The van der Waals surface area contributed by atoms with Gasteiger partial charge in [-0.1, -0.05) is 13.8 Å². The molecule has 1 aliphatic heterocycles. The number of rotatable bonds is 4. The molecule has 0 amide bonds. The van der Waals surface area contributed by atoms with Gasteiger partial charge in [0.05, 0.1) is 4.88 Å². The Hall–Kier alpha value is -0.670. The van der Waals surface area contributed by atoms with Gasteiger partial charge in [-0.3, -0.25) is 9.69 Å². The van der Waals surface area contributed by atoms with Gasteiger partial charge in [-0.15, -0.1) is 11.3 Å². The molecule has 18 heavy (non-hydrogen) atoms. The third-order valence-corrected chi connectivity index (χ3v) is 5.04. The Balaban J connectivity index is 1.90. The Bertz CT molecular complexity index is 447. The minimum atomic E-state index is 0.577. The first-order chi connectivity index (χ1) is 8.69. The molecule has 1 fully saturated rings. The third-order valence-electron chi connectivity index (χ3n) is 3.90. The molecule has 1 aliphatic carbocycles. The van der Waals surface area contributed by atoms with Crippen LogP contribution >= 0.6 is 11.3 Å². The lowest BCUT2D eigenvalue weighted by Gasteiger charge is -2.37. The average Bonchev–Trinajstić information content (AvgIpc) is 3.06. The summed E-state index contributed by atoms with van der Waals surface area (Å²) in [6.45, 7) is 6.68. The Labute approximate surface area is 113 Å². The van der Waals surface area contributed by atoms with Crippen molar-refractivity contribution in [3.8, 4) is 0 Å². The van der Waals surface area contributed by atoms with E-state index in [9.17, 15) is 4.79 Å². The second-order valence-electron chi connectivity index (χ2n) is 5.85. The van der Waals surface area contributed by atoms with Gasteiger partial charge in [0.25, 0.3) is 0 Å². The fourth-order valence-corrected chi connectivity index (χ4v) is 4.11. The molecule has 0 N–H and O–H groups in total. The molecule has 3 rings (SSSR count). The van der Waals surface area contributed by atoms with Gasteiger partial charge in [-0.25, -0.2) is 0 Å². The highest BCUT2D eigenvalue weighted by molar-refractivity contribution is 7.13. The predicted molar refractivity (Wildman–Crippen MR) is 75.0 cm³/mol. The Kier molecular flexibility index (Phi) is 3.29. The zero-order chi connectivity index (χ0) is 12.7. The van der Waals surface area contributed by atoms with E-state index in [1.165, 1.54) is 29.2 Å². The van der Waals surface area contributed by atoms with Gasteiger partial charge in [0, 0.05) is 24.0 Å².